The quantitative estimate of drug-likeness (QED) is 0.611. The van der Waals surface area contributed by atoms with E-state index in [0.717, 1.165) is 15.9 Å². The lowest BCUT2D eigenvalue weighted by Crippen LogP contribution is -2.33. The minimum Gasteiger partial charge on any atom is -0.399 e. The Morgan fingerprint density at radius 1 is 1.44 bits per heavy atom. The number of anilines is 1. The van der Waals surface area contributed by atoms with Gasteiger partial charge in [0.05, 0.1) is 0 Å². The number of nitrogens with one attached hydrogen (secondary N) is 1. The Morgan fingerprint density at radius 3 is 2.94 bits per heavy atom. The van der Waals surface area contributed by atoms with Crippen LogP contribution in [-0.4, -0.2) is 35.0 Å². The summed E-state index contributed by atoms with van der Waals surface area (Å²) in [7, 11) is 0. The van der Waals surface area contributed by atoms with Crippen molar-refractivity contribution >= 4 is 57.7 Å². The Hall–Kier alpha value is -0.0800. The van der Waals surface area contributed by atoms with E-state index in [4.69, 9.17) is 5.73 Å². The van der Waals surface area contributed by atoms with E-state index in [-0.39, 0.29) is 5.91 Å². The van der Waals surface area contributed by atoms with Crippen molar-refractivity contribution in [2.75, 3.05) is 29.5 Å². The Morgan fingerprint density at radius 2 is 2.28 bits per heavy atom. The molecule has 1 atom stereocenters. The maximum absolute atomic E-state index is 12.0. The van der Waals surface area contributed by atoms with Crippen LogP contribution < -0.4 is 11.1 Å². The molecule has 0 radical (unpaired) electrons. The molecule has 1 aromatic carbocycles. The van der Waals surface area contributed by atoms with Gasteiger partial charge in [0.25, 0.3) is 5.91 Å². The van der Waals surface area contributed by atoms with Crippen LogP contribution in [0.15, 0.2) is 18.2 Å². The van der Waals surface area contributed by atoms with Crippen molar-refractivity contribution in [1.29, 1.82) is 0 Å². The van der Waals surface area contributed by atoms with Crippen molar-refractivity contribution in [2.45, 2.75) is 5.25 Å². The van der Waals surface area contributed by atoms with Gasteiger partial charge in [-0.2, -0.15) is 23.5 Å². The minimum atomic E-state index is -0.0311. The van der Waals surface area contributed by atoms with Gasteiger partial charge >= 0.3 is 0 Å². The number of hydrogen-bond acceptors (Lipinski definition) is 4. The molecule has 1 unspecified atom stereocenters. The van der Waals surface area contributed by atoms with Crippen LogP contribution in [0.1, 0.15) is 10.4 Å². The molecule has 1 aromatic rings. The number of carbonyl (C=O) groups excluding carboxylic acids is 1. The highest BCUT2D eigenvalue weighted by Gasteiger charge is 2.15. The molecule has 1 heterocycles. The number of amides is 1. The van der Waals surface area contributed by atoms with Gasteiger partial charge in [-0.15, -0.1) is 0 Å². The molecule has 6 heteroatoms. The zero-order valence-electron chi connectivity index (χ0n) is 9.82. The summed E-state index contributed by atoms with van der Waals surface area (Å²) >= 11 is 6.08. The minimum absolute atomic E-state index is 0.0311. The van der Waals surface area contributed by atoms with Gasteiger partial charge in [0.2, 0.25) is 0 Å². The zero-order valence-corrected chi connectivity index (χ0v) is 13.6. The third kappa shape index (κ3) is 4.24. The smallest absolute Gasteiger partial charge is 0.251 e. The van der Waals surface area contributed by atoms with Gasteiger partial charge in [0.15, 0.2) is 0 Å². The number of halogens is 1. The van der Waals surface area contributed by atoms with Crippen molar-refractivity contribution in [3.63, 3.8) is 0 Å². The zero-order chi connectivity index (χ0) is 13.0. The molecular formula is C12H15IN2OS2. The van der Waals surface area contributed by atoms with Crippen LogP contribution in [0.5, 0.6) is 0 Å². The monoisotopic (exact) mass is 394 g/mol. The molecular weight excluding hydrogens is 379 g/mol. The first-order valence-electron chi connectivity index (χ1n) is 5.69. The first-order valence-corrected chi connectivity index (χ1v) is 8.97. The molecule has 3 N–H and O–H groups in total. The van der Waals surface area contributed by atoms with Gasteiger partial charge in [-0.05, 0) is 40.8 Å². The van der Waals surface area contributed by atoms with E-state index < -0.39 is 0 Å². The third-order valence-corrected chi connectivity index (χ3v) is 6.03. The van der Waals surface area contributed by atoms with Crippen LogP contribution in [-0.2, 0) is 0 Å². The summed E-state index contributed by atoms with van der Waals surface area (Å²) in [5, 5.41) is 3.53. The molecule has 0 aliphatic carbocycles. The van der Waals surface area contributed by atoms with Crippen molar-refractivity contribution in [2.24, 2.45) is 0 Å². The molecule has 2 rings (SSSR count). The van der Waals surface area contributed by atoms with Crippen molar-refractivity contribution < 1.29 is 4.79 Å². The predicted octanol–water partition coefficient (Wildman–Crippen LogP) is 2.45. The average molecular weight is 394 g/mol. The number of benzene rings is 1. The summed E-state index contributed by atoms with van der Waals surface area (Å²) in [6.45, 7) is 0.738. The first-order chi connectivity index (χ1) is 8.65. The Balaban J connectivity index is 1.90. The van der Waals surface area contributed by atoms with Crippen LogP contribution in [0.2, 0.25) is 0 Å². The van der Waals surface area contributed by atoms with Crippen LogP contribution in [0.25, 0.3) is 0 Å². The van der Waals surface area contributed by atoms with Gasteiger partial charge in [0, 0.05) is 43.9 Å². The van der Waals surface area contributed by atoms with E-state index in [1.54, 1.807) is 6.07 Å². The number of hydrogen-bond donors (Lipinski definition) is 2. The largest absolute Gasteiger partial charge is 0.399 e. The predicted molar refractivity (Wildman–Crippen MR) is 89.5 cm³/mol. The van der Waals surface area contributed by atoms with E-state index in [2.05, 4.69) is 27.9 Å². The molecule has 18 heavy (non-hydrogen) atoms. The van der Waals surface area contributed by atoms with Gasteiger partial charge in [0.1, 0.15) is 0 Å². The number of thioether (sulfide) groups is 2. The molecule has 1 fully saturated rings. The van der Waals surface area contributed by atoms with Gasteiger partial charge < -0.3 is 11.1 Å². The molecule has 1 aliphatic rings. The number of nitrogen functional groups attached to an aromatic ring is 1. The summed E-state index contributed by atoms with van der Waals surface area (Å²) in [4.78, 5) is 12.0. The summed E-state index contributed by atoms with van der Waals surface area (Å²) in [6.07, 6.45) is 0. The van der Waals surface area contributed by atoms with E-state index in [1.165, 1.54) is 11.5 Å². The Kier molecular flexibility index (Phi) is 5.50. The van der Waals surface area contributed by atoms with E-state index >= 15 is 0 Å². The molecule has 1 amide bonds. The Labute approximate surface area is 129 Å². The standard InChI is InChI=1S/C12H15IN2OS2/c13-9-3-8(4-10(14)5-9)12(16)15-6-11-7-17-1-2-18-11/h3-5,11H,1-2,6-7,14H2,(H,15,16). The molecule has 0 spiro atoms. The summed E-state index contributed by atoms with van der Waals surface area (Å²) in [6, 6.07) is 5.43. The third-order valence-electron chi connectivity index (χ3n) is 2.56. The van der Waals surface area contributed by atoms with Crippen molar-refractivity contribution in [3.8, 4) is 0 Å². The van der Waals surface area contributed by atoms with E-state index in [1.807, 2.05) is 35.7 Å². The second-order valence-electron chi connectivity index (χ2n) is 4.05. The Bertz CT molecular complexity index is 416. The van der Waals surface area contributed by atoms with Gasteiger partial charge in [-0.25, -0.2) is 0 Å². The molecule has 0 aromatic heterocycles. The first kappa shape index (κ1) is 14.3. The normalized spacial score (nSPS) is 19.5. The maximum atomic E-state index is 12.0. The van der Waals surface area contributed by atoms with E-state index in [9.17, 15) is 4.79 Å². The van der Waals surface area contributed by atoms with Crippen molar-refractivity contribution in [1.82, 2.24) is 5.32 Å². The summed E-state index contributed by atoms with van der Waals surface area (Å²) in [5.41, 5.74) is 7.02. The van der Waals surface area contributed by atoms with E-state index in [0.29, 0.717) is 16.5 Å². The number of carbonyl (C=O) groups is 1. The summed E-state index contributed by atoms with van der Waals surface area (Å²) in [5.74, 6) is 3.50. The fourth-order valence-corrected chi connectivity index (χ4v) is 5.01. The topological polar surface area (TPSA) is 55.1 Å². The maximum Gasteiger partial charge on any atom is 0.251 e. The van der Waals surface area contributed by atoms with Crippen LogP contribution in [0, 0.1) is 3.57 Å². The number of rotatable bonds is 3. The fraction of sp³-hybridized carbons (Fsp3) is 0.417. The highest BCUT2D eigenvalue weighted by molar-refractivity contribution is 14.1. The molecule has 98 valence electrons. The molecule has 3 nitrogen and oxygen atoms in total. The lowest BCUT2D eigenvalue weighted by molar-refractivity contribution is 0.0954. The molecule has 0 bridgehead atoms. The van der Waals surface area contributed by atoms with Gasteiger partial charge in [-0.3, -0.25) is 4.79 Å². The highest BCUT2D eigenvalue weighted by Crippen LogP contribution is 2.23. The van der Waals surface area contributed by atoms with Crippen molar-refractivity contribution in [3.05, 3.63) is 27.3 Å². The molecule has 0 saturated carbocycles. The fourth-order valence-electron chi connectivity index (χ4n) is 1.71. The van der Waals surface area contributed by atoms with Crippen LogP contribution in [0.4, 0.5) is 5.69 Å². The van der Waals surface area contributed by atoms with Crippen LogP contribution >= 0.6 is 46.1 Å². The SMILES string of the molecule is Nc1cc(I)cc(C(=O)NCC2CSCCS2)c1. The number of nitrogens with two attached hydrogens (primary N) is 1. The molecule has 1 saturated heterocycles. The summed E-state index contributed by atoms with van der Waals surface area (Å²) < 4.78 is 0.986. The van der Waals surface area contributed by atoms with Crippen LogP contribution in [0.3, 0.4) is 0 Å². The highest BCUT2D eigenvalue weighted by atomic mass is 127. The lowest BCUT2D eigenvalue weighted by Gasteiger charge is -2.21. The second kappa shape index (κ2) is 6.91. The second-order valence-corrected chi connectivity index (χ2v) is 7.85. The molecule has 1 aliphatic heterocycles. The average Bonchev–Trinajstić information content (AvgIpc) is 2.36. The van der Waals surface area contributed by atoms with Gasteiger partial charge in [-0.1, -0.05) is 0 Å². The lowest BCUT2D eigenvalue weighted by atomic mass is 10.2.